The number of hydrogen-bond acceptors (Lipinski definition) is 4. The van der Waals surface area contributed by atoms with Crippen molar-refractivity contribution in [3.63, 3.8) is 0 Å². The molecule has 23 heavy (non-hydrogen) atoms. The van der Waals surface area contributed by atoms with Crippen molar-refractivity contribution < 1.29 is 19.6 Å². The number of unbranched alkanes of at least 4 members (excludes halogenated alkanes) is 1. The molecular formula is C17H16N2O4. The molecule has 1 heterocycles. The van der Waals surface area contributed by atoms with Gasteiger partial charge in [0, 0.05) is 29.5 Å². The van der Waals surface area contributed by atoms with E-state index in [1.54, 1.807) is 29.7 Å². The average molecular weight is 312 g/mol. The molecule has 3 amide bonds. The van der Waals surface area contributed by atoms with Crippen LogP contribution in [0.2, 0.25) is 0 Å². The summed E-state index contributed by atoms with van der Waals surface area (Å²) in [6.07, 6.45) is 1.14. The normalized spacial score (nSPS) is 13.5. The van der Waals surface area contributed by atoms with E-state index in [1.807, 2.05) is 12.1 Å². The SMILES string of the molecule is O=C(CCCCN1C(=O)c2cccc3cccc(c23)C1=O)NO. The number of amides is 3. The fraction of sp³-hybridized carbons (Fsp3) is 0.235. The molecule has 6 heteroatoms. The van der Waals surface area contributed by atoms with E-state index >= 15 is 0 Å². The molecule has 0 saturated heterocycles. The molecule has 1 aliphatic heterocycles. The first-order valence-electron chi connectivity index (χ1n) is 7.44. The molecule has 3 rings (SSSR count). The quantitative estimate of drug-likeness (QED) is 0.383. The predicted molar refractivity (Wildman–Crippen MR) is 83.1 cm³/mol. The second-order valence-corrected chi connectivity index (χ2v) is 5.46. The fourth-order valence-electron chi connectivity index (χ4n) is 2.89. The molecule has 0 spiro atoms. The van der Waals surface area contributed by atoms with Crippen molar-refractivity contribution in [1.29, 1.82) is 0 Å². The second-order valence-electron chi connectivity index (χ2n) is 5.46. The molecule has 0 atom stereocenters. The smallest absolute Gasteiger partial charge is 0.261 e. The summed E-state index contributed by atoms with van der Waals surface area (Å²) in [6, 6.07) is 10.8. The summed E-state index contributed by atoms with van der Waals surface area (Å²) in [5.41, 5.74) is 2.63. The van der Waals surface area contributed by atoms with Crippen LogP contribution in [0.5, 0.6) is 0 Å². The molecule has 0 unspecified atom stereocenters. The Balaban J connectivity index is 1.82. The predicted octanol–water partition coefficient (Wildman–Crippen LogP) is 2.11. The Hall–Kier alpha value is -2.73. The van der Waals surface area contributed by atoms with Crippen molar-refractivity contribution in [1.82, 2.24) is 10.4 Å². The number of rotatable bonds is 5. The van der Waals surface area contributed by atoms with Gasteiger partial charge in [0.05, 0.1) is 0 Å². The zero-order chi connectivity index (χ0) is 16.4. The van der Waals surface area contributed by atoms with Crippen molar-refractivity contribution in [3.05, 3.63) is 47.5 Å². The van der Waals surface area contributed by atoms with Crippen molar-refractivity contribution in [2.24, 2.45) is 0 Å². The van der Waals surface area contributed by atoms with Crippen molar-refractivity contribution >= 4 is 28.5 Å². The Morgan fingerprint density at radius 3 is 2.17 bits per heavy atom. The van der Waals surface area contributed by atoms with Crippen LogP contribution in [0.1, 0.15) is 40.0 Å². The number of carbonyl (C=O) groups is 3. The molecule has 6 nitrogen and oxygen atoms in total. The molecule has 0 aromatic heterocycles. The average Bonchev–Trinajstić information content (AvgIpc) is 2.58. The topological polar surface area (TPSA) is 86.7 Å². The van der Waals surface area contributed by atoms with Crippen LogP contribution in [0.25, 0.3) is 10.8 Å². The number of hydroxylamine groups is 1. The van der Waals surface area contributed by atoms with Crippen LogP contribution in [-0.4, -0.2) is 34.4 Å². The van der Waals surface area contributed by atoms with E-state index in [1.165, 1.54) is 4.90 Å². The molecule has 2 aromatic rings. The molecule has 0 aliphatic carbocycles. The van der Waals surface area contributed by atoms with Crippen molar-refractivity contribution in [2.45, 2.75) is 19.3 Å². The van der Waals surface area contributed by atoms with Crippen LogP contribution in [0.3, 0.4) is 0 Å². The van der Waals surface area contributed by atoms with Gasteiger partial charge in [0.2, 0.25) is 5.91 Å². The van der Waals surface area contributed by atoms with Gasteiger partial charge in [0.1, 0.15) is 0 Å². The zero-order valence-electron chi connectivity index (χ0n) is 12.4. The van der Waals surface area contributed by atoms with Crippen LogP contribution >= 0.6 is 0 Å². The largest absolute Gasteiger partial charge is 0.289 e. The van der Waals surface area contributed by atoms with Crippen LogP contribution < -0.4 is 5.48 Å². The lowest BCUT2D eigenvalue weighted by atomic mass is 9.94. The first-order valence-corrected chi connectivity index (χ1v) is 7.44. The number of imide groups is 1. The number of nitrogens with one attached hydrogen (secondary N) is 1. The van der Waals surface area contributed by atoms with E-state index in [4.69, 9.17) is 5.21 Å². The Labute approximate surface area is 132 Å². The minimum atomic E-state index is -0.476. The third-order valence-corrected chi connectivity index (χ3v) is 4.02. The van der Waals surface area contributed by atoms with Gasteiger partial charge in [0.25, 0.3) is 11.8 Å². The van der Waals surface area contributed by atoms with Crippen molar-refractivity contribution in [2.75, 3.05) is 6.54 Å². The van der Waals surface area contributed by atoms with Gasteiger partial charge in [-0.05, 0) is 30.4 Å². The Morgan fingerprint density at radius 2 is 1.61 bits per heavy atom. The Kier molecular flexibility index (Phi) is 4.08. The highest BCUT2D eigenvalue weighted by Gasteiger charge is 2.31. The van der Waals surface area contributed by atoms with Gasteiger partial charge in [-0.1, -0.05) is 24.3 Å². The number of benzene rings is 2. The van der Waals surface area contributed by atoms with E-state index in [-0.39, 0.29) is 24.8 Å². The number of hydrogen-bond donors (Lipinski definition) is 2. The highest BCUT2D eigenvalue weighted by Crippen LogP contribution is 2.30. The molecule has 2 N–H and O–H groups in total. The first-order chi connectivity index (χ1) is 11.1. The van der Waals surface area contributed by atoms with E-state index in [0.29, 0.717) is 29.4 Å². The summed E-state index contributed by atoms with van der Waals surface area (Å²) in [5, 5.41) is 10.0. The summed E-state index contributed by atoms with van der Waals surface area (Å²) >= 11 is 0. The van der Waals surface area contributed by atoms with Gasteiger partial charge in [-0.3, -0.25) is 24.5 Å². The van der Waals surface area contributed by atoms with E-state index in [9.17, 15) is 14.4 Å². The maximum atomic E-state index is 12.6. The molecule has 1 aliphatic rings. The first kappa shape index (κ1) is 15.2. The molecule has 0 radical (unpaired) electrons. The maximum Gasteiger partial charge on any atom is 0.261 e. The Morgan fingerprint density at radius 1 is 1.00 bits per heavy atom. The van der Waals surface area contributed by atoms with Crippen LogP contribution in [0.15, 0.2) is 36.4 Å². The van der Waals surface area contributed by atoms with Gasteiger partial charge in [0.15, 0.2) is 0 Å². The van der Waals surface area contributed by atoms with E-state index in [0.717, 1.165) is 5.39 Å². The second kappa shape index (κ2) is 6.18. The highest BCUT2D eigenvalue weighted by molar-refractivity contribution is 6.25. The number of carbonyl (C=O) groups excluding carboxylic acids is 3. The lowest BCUT2D eigenvalue weighted by Gasteiger charge is -2.27. The van der Waals surface area contributed by atoms with Gasteiger partial charge in [-0.15, -0.1) is 0 Å². The van der Waals surface area contributed by atoms with Gasteiger partial charge >= 0.3 is 0 Å². The monoisotopic (exact) mass is 312 g/mol. The number of nitrogens with zero attached hydrogens (tertiary/aromatic N) is 1. The molecule has 0 bridgehead atoms. The van der Waals surface area contributed by atoms with Crippen LogP contribution in [-0.2, 0) is 4.79 Å². The van der Waals surface area contributed by atoms with Crippen LogP contribution in [0, 0.1) is 0 Å². The summed E-state index contributed by atoms with van der Waals surface area (Å²) in [7, 11) is 0. The molecular weight excluding hydrogens is 296 g/mol. The summed E-state index contributed by atoms with van der Waals surface area (Å²) in [5.74, 6) is -1.08. The van der Waals surface area contributed by atoms with Gasteiger partial charge in [-0.25, -0.2) is 5.48 Å². The Bertz CT molecular complexity index is 750. The fourth-order valence-corrected chi connectivity index (χ4v) is 2.89. The van der Waals surface area contributed by atoms with E-state index < -0.39 is 5.91 Å². The highest BCUT2D eigenvalue weighted by atomic mass is 16.5. The van der Waals surface area contributed by atoms with E-state index in [2.05, 4.69) is 0 Å². The molecule has 0 fully saturated rings. The summed E-state index contributed by atoms with van der Waals surface area (Å²) in [6.45, 7) is 0.251. The van der Waals surface area contributed by atoms with Crippen molar-refractivity contribution in [3.8, 4) is 0 Å². The third-order valence-electron chi connectivity index (χ3n) is 4.02. The maximum absolute atomic E-state index is 12.6. The van der Waals surface area contributed by atoms with Crippen LogP contribution in [0.4, 0.5) is 0 Å². The lowest BCUT2D eigenvalue weighted by Crippen LogP contribution is -2.40. The zero-order valence-corrected chi connectivity index (χ0v) is 12.4. The molecule has 0 saturated carbocycles. The van der Waals surface area contributed by atoms with Gasteiger partial charge in [-0.2, -0.15) is 0 Å². The van der Waals surface area contributed by atoms with Gasteiger partial charge < -0.3 is 0 Å². The third kappa shape index (κ3) is 2.68. The summed E-state index contributed by atoms with van der Waals surface area (Å²) < 4.78 is 0. The lowest BCUT2D eigenvalue weighted by molar-refractivity contribution is -0.129. The minimum absolute atomic E-state index is 0.152. The minimum Gasteiger partial charge on any atom is -0.289 e. The summed E-state index contributed by atoms with van der Waals surface area (Å²) in [4.78, 5) is 37.4. The molecule has 118 valence electrons. The standard InChI is InChI=1S/C17H16N2O4/c20-14(18-23)9-1-2-10-19-16(21)12-7-3-5-11-6-4-8-13(15(11)12)17(19)22/h3-8,23H,1-2,9-10H2,(H,18,20). The molecule has 2 aromatic carbocycles.